The third kappa shape index (κ3) is 3.53. The van der Waals surface area contributed by atoms with Gasteiger partial charge in [0, 0.05) is 36.3 Å². The Morgan fingerprint density at radius 1 is 1.19 bits per heavy atom. The molecule has 0 unspecified atom stereocenters. The second-order valence-electron chi connectivity index (χ2n) is 6.72. The van der Waals surface area contributed by atoms with Crippen molar-refractivity contribution in [3.63, 3.8) is 0 Å². The number of hydrogen-bond acceptors (Lipinski definition) is 4. The molecule has 0 atom stereocenters. The van der Waals surface area contributed by atoms with Crippen LogP contribution in [-0.2, 0) is 4.79 Å². The van der Waals surface area contributed by atoms with E-state index in [1.165, 1.54) is 12.1 Å². The van der Waals surface area contributed by atoms with Gasteiger partial charge >= 0.3 is 0 Å². The molecule has 1 aliphatic rings. The number of pyridine rings is 1. The van der Waals surface area contributed by atoms with Crippen LogP contribution in [0.5, 0.6) is 0 Å². The van der Waals surface area contributed by atoms with E-state index in [1.54, 1.807) is 12.3 Å². The van der Waals surface area contributed by atoms with Gasteiger partial charge in [-0.15, -0.1) is 0 Å². The molecule has 0 spiro atoms. The number of nitrogens with one attached hydrogen (secondary N) is 1. The zero-order valence-electron chi connectivity index (χ0n) is 14.7. The van der Waals surface area contributed by atoms with Gasteiger partial charge in [-0.05, 0) is 43.2 Å². The van der Waals surface area contributed by atoms with E-state index >= 15 is 0 Å². The second-order valence-corrected chi connectivity index (χ2v) is 6.72. The lowest BCUT2D eigenvalue weighted by atomic mass is 9.96. The molecule has 138 valence electrons. The smallest absolute Gasteiger partial charge is 0.220 e. The first-order chi connectivity index (χ1) is 13.1. The summed E-state index contributed by atoms with van der Waals surface area (Å²) in [5, 5.41) is 7.36. The van der Waals surface area contributed by atoms with Crippen molar-refractivity contribution < 1.29 is 9.18 Å². The minimum absolute atomic E-state index is 0.0693. The average molecular weight is 365 g/mol. The normalized spacial score (nSPS) is 15.1. The van der Waals surface area contributed by atoms with Crippen molar-refractivity contribution in [3.05, 3.63) is 54.5 Å². The number of benzene rings is 1. The number of nitrogens with zero attached hydrogens (tertiary/aromatic N) is 3. The molecule has 1 amide bonds. The summed E-state index contributed by atoms with van der Waals surface area (Å²) in [5.41, 5.74) is 8.55. The molecule has 3 aromatic rings. The maximum Gasteiger partial charge on any atom is 0.220 e. The summed E-state index contributed by atoms with van der Waals surface area (Å²) in [5.74, 6) is 0.246. The van der Waals surface area contributed by atoms with Gasteiger partial charge in [-0.2, -0.15) is 5.10 Å². The SMILES string of the molecule is NC(=O)C1CCN(c2ncccc2-c2cc(-c3cccc(F)c3)n[nH]2)CC1. The maximum atomic E-state index is 13.5. The Hall–Kier alpha value is -3.22. The van der Waals surface area contributed by atoms with Gasteiger partial charge < -0.3 is 10.6 Å². The second kappa shape index (κ2) is 7.19. The number of aromatic nitrogens is 3. The molecular weight excluding hydrogens is 345 g/mol. The first-order valence-electron chi connectivity index (χ1n) is 8.93. The number of anilines is 1. The Kier molecular flexibility index (Phi) is 4.58. The Morgan fingerprint density at radius 2 is 2.00 bits per heavy atom. The number of nitrogens with two attached hydrogens (primary N) is 1. The summed E-state index contributed by atoms with van der Waals surface area (Å²) >= 11 is 0. The summed E-state index contributed by atoms with van der Waals surface area (Å²) in [7, 11) is 0. The predicted octanol–water partition coefficient (Wildman–Crippen LogP) is 2.98. The van der Waals surface area contributed by atoms with Gasteiger partial charge in [0.15, 0.2) is 0 Å². The number of rotatable bonds is 4. The van der Waals surface area contributed by atoms with E-state index < -0.39 is 0 Å². The molecule has 2 aromatic heterocycles. The Labute approximate surface area is 156 Å². The summed E-state index contributed by atoms with van der Waals surface area (Å²) < 4.78 is 13.5. The van der Waals surface area contributed by atoms with Gasteiger partial charge in [0.25, 0.3) is 0 Å². The first kappa shape index (κ1) is 17.2. The molecule has 1 aliphatic heterocycles. The number of aromatic amines is 1. The maximum absolute atomic E-state index is 13.5. The van der Waals surface area contributed by atoms with Crippen molar-refractivity contribution >= 4 is 11.7 Å². The van der Waals surface area contributed by atoms with Crippen LogP contribution in [0.15, 0.2) is 48.7 Å². The van der Waals surface area contributed by atoms with E-state index in [4.69, 9.17) is 5.73 Å². The van der Waals surface area contributed by atoms with Crippen molar-refractivity contribution in [2.75, 3.05) is 18.0 Å². The number of halogens is 1. The van der Waals surface area contributed by atoms with Crippen LogP contribution < -0.4 is 10.6 Å². The molecule has 6 nitrogen and oxygen atoms in total. The Bertz CT molecular complexity index is 962. The van der Waals surface area contributed by atoms with Gasteiger partial charge in [-0.25, -0.2) is 9.37 Å². The van der Waals surface area contributed by atoms with Gasteiger partial charge in [0.1, 0.15) is 11.6 Å². The van der Waals surface area contributed by atoms with E-state index in [1.807, 2.05) is 24.3 Å². The van der Waals surface area contributed by atoms with Crippen molar-refractivity contribution in [1.82, 2.24) is 15.2 Å². The molecule has 1 fully saturated rings. The third-order valence-electron chi connectivity index (χ3n) is 4.97. The molecule has 1 aromatic carbocycles. The monoisotopic (exact) mass is 365 g/mol. The molecule has 7 heteroatoms. The Morgan fingerprint density at radius 3 is 2.74 bits per heavy atom. The zero-order chi connectivity index (χ0) is 18.8. The quantitative estimate of drug-likeness (QED) is 0.744. The van der Waals surface area contributed by atoms with Crippen molar-refractivity contribution in [2.24, 2.45) is 11.7 Å². The number of carbonyl (C=O) groups excluding carboxylic acids is 1. The van der Waals surface area contributed by atoms with Crippen LogP contribution in [0.25, 0.3) is 22.5 Å². The number of carbonyl (C=O) groups is 1. The molecule has 1 saturated heterocycles. The Balaban J connectivity index is 1.62. The highest BCUT2D eigenvalue weighted by molar-refractivity contribution is 5.78. The van der Waals surface area contributed by atoms with E-state index in [0.29, 0.717) is 11.3 Å². The molecule has 27 heavy (non-hydrogen) atoms. The summed E-state index contributed by atoms with van der Waals surface area (Å²) in [6.45, 7) is 1.45. The number of primary amides is 1. The fourth-order valence-electron chi connectivity index (χ4n) is 3.49. The fourth-order valence-corrected chi connectivity index (χ4v) is 3.49. The number of H-pyrrole nitrogens is 1. The molecule has 4 rings (SSSR count). The zero-order valence-corrected chi connectivity index (χ0v) is 14.7. The minimum atomic E-state index is -0.295. The first-order valence-corrected chi connectivity index (χ1v) is 8.93. The van der Waals surface area contributed by atoms with Crippen molar-refractivity contribution in [1.29, 1.82) is 0 Å². The molecule has 3 heterocycles. The molecule has 0 radical (unpaired) electrons. The fraction of sp³-hybridized carbons (Fsp3) is 0.250. The van der Waals surface area contributed by atoms with Gasteiger partial charge in [-0.3, -0.25) is 9.89 Å². The van der Waals surface area contributed by atoms with Crippen molar-refractivity contribution in [2.45, 2.75) is 12.8 Å². The summed E-state index contributed by atoms with van der Waals surface area (Å²) in [6, 6.07) is 12.1. The van der Waals surface area contributed by atoms with E-state index in [2.05, 4.69) is 20.1 Å². The van der Waals surface area contributed by atoms with Gasteiger partial charge in [0.05, 0.1) is 11.4 Å². The molecule has 3 N–H and O–H groups in total. The van der Waals surface area contributed by atoms with Crippen LogP contribution in [-0.4, -0.2) is 34.2 Å². The average Bonchev–Trinajstić information content (AvgIpc) is 3.18. The van der Waals surface area contributed by atoms with E-state index in [9.17, 15) is 9.18 Å². The van der Waals surface area contributed by atoms with Crippen molar-refractivity contribution in [3.8, 4) is 22.5 Å². The van der Waals surface area contributed by atoms with Crippen LogP contribution in [0.3, 0.4) is 0 Å². The van der Waals surface area contributed by atoms with E-state index in [-0.39, 0.29) is 17.6 Å². The number of amides is 1. The van der Waals surface area contributed by atoms with Crippen LogP contribution in [0.4, 0.5) is 10.2 Å². The van der Waals surface area contributed by atoms with Gasteiger partial charge in [-0.1, -0.05) is 12.1 Å². The lowest BCUT2D eigenvalue weighted by Crippen LogP contribution is -2.39. The largest absolute Gasteiger partial charge is 0.369 e. The molecule has 0 aliphatic carbocycles. The molecule has 0 bridgehead atoms. The summed E-state index contributed by atoms with van der Waals surface area (Å²) in [6.07, 6.45) is 3.20. The molecular formula is C20H20FN5O. The van der Waals surface area contributed by atoms with Gasteiger partial charge in [0.2, 0.25) is 5.91 Å². The third-order valence-corrected chi connectivity index (χ3v) is 4.97. The number of piperidine rings is 1. The van der Waals surface area contributed by atoms with E-state index in [0.717, 1.165) is 43.0 Å². The highest BCUT2D eigenvalue weighted by Gasteiger charge is 2.25. The van der Waals surface area contributed by atoms with Crippen LogP contribution in [0, 0.1) is 11.7 Å². The summed E-state index contributed by atoms with van der Waals surface area (Å²) in [4.78, 5) is 18.1. The topological polar surface area (TPSA) is 87.9 Å². The number of hydrogen-bond donors (Lipinski definition) is 2. The van der Waals surface area contributed by atoms with Crippen LogP contribution >= 0.6 is 0 Å². The van der Waals surface area contributed by atoms with Crippen LogP contribution in [0.1, 0.15) is 12.8 Å². The highest BCUT2D eigenvalue weighted by atomic mass is 19.1. The molecule has 0 saturated carbocycles. The predicted molar refractivity (Wildman–Crippen MR) is 101 cm³/mol. The standard InChI is InChI=1S/C20H20FN5O/c21-15-4-1-3-14(11-15)17-12-18(25-24-17)16-5-2-8-23-20(16)26-9-6-13(7-10-26)19(22)27/h1-5,8,11-13H,6-7,9-10H2,(H2,22,27)(H,24,25). The minimum Gasteiger partial charge on any atom is -0.369 e. The van der Waals surface area contributed by atoms with Crippen LogP contribution in [0.2, 0.25) is 0 Å². The lowest BCUT2D eigenvalue weighted by molar-refractivity contribution is -0.122. The lowest BCUT2D eigenvalue weighted by Gasteiger charge is -2.32. The highest BCUT2D eigenvalue weighted by Crippen LogP contribution is 2.32.